The van der Waals surface area contributed by atoms with Gasteiger partial charge in [-0.05, 0) is 38.7 Å². The van der Waals surface area contributed by atoms with Crippen LogP contribution in [0.1, 0.15) is 12.5 Å². The van der Waals surface area contributed by atoms with E-state index in [0.717, 1.165) is 6.54 Å². The number of nitrogens with zero attached hydrogens (tertiary/aromatic N) is 1. The second kappa shape index (κ2) is 5.84. The number of carboxylic acids is 1. The van der Waals surface area contributed by atoms with Crippen LogP contribution in [0.4, 0.5) is 0 Å². The monoisotopic (exact) mass is 252 g/mol. The summed E-state index contributed by atoms with van der Waals surface area (Å²) in [6.07, 6.45) is 0. The van der Waals surface area contributed by atoms with Crippen LogP contribution in [0.3, 0.4) is 0 Å². The molecule has 0 saturated carbocycles. The Balaban J connectivity index is 2.86. The Bertz CT molecular complexity index is 403. The third kappa shape index (κ3) is 3.45. The van der Waals surface area contributed by atoms with E-state index in [1.165, 1.54) is 12.1 Å². The minimum atomic E-state index is -1.15. The summed E-state index contributed by atoms with van der Waals surface area (Å²) in [4.78, 5) is 13.4. The molecule has 3 N–H and O–H groups in total. The summed E-state index contributed by atoms with van der Waals surface area (Å²) in [6.45, 7) is 2.94. The van der Waals surface area contributed by atoms with E-state index in [9.17, 15) is 15.0 Å². The van der Waals surface area contributed by atoms with Crippen molar-refractivity contribution in [3.05, 3.63) is 29.8 Å². The summed E-state index contributed by atoms with van der Waals surface area (Å²) < 4.78 is 0. The zero-order chi connectivity index (χ0) is 13.8. The maximum Gasteiger partial charge on any atom is 0.328 e. The molecule has 5 nitrogen and oxygen atoms in total. The summed E-state index contributed by atoms with van der Waals surface area (Å²) in [7, 11) is 3.86. The molecule has 100 valence electrons. The van der Waals surface area contributed by atoms with Gasteiger partial charge in [-0.1, -0.05) is 12.1 Å². The van der Waals surface area contributed by atoms with Crippen LogP contribution in [0.2, 0.25) is 0 Å². The van der Waals surface area contributed by atoms with E-state index in [2.05, 4.69) is 5.32 Å². The minimum absolute atomic E-state index is 0.125. The van der Waals surface area contributed by atoms with Crippen molar-refractivity contribution < 1.29 is 15.0 Å². The standard InChI is InChI=1S/C13H20N2O3/c1-13(12(17)18,14-8-9-15(2)3)10-4-6-11(16)7-5-10/h4-7,14,16H,8-9H2,1-3H3,(H,17,18). The number of nitrogens with one attached hydrogen (secondary N) is 1. The third-order valence-corrected chi connectivity index (χ3v) is 2.91. The van der Waals surface area contributed by atoms with Gasteiger partial charge in [0.2, 0.25) is 0 Å². The van der Waals surface area contributed by atoms with E-state index in [-0.39, 0.29) is 5.75 Å². The quantitative estimate of drug-likeness (QED) is 0.700. The predicted molar refractivity (Wildman–Crippen MR) is 69.7 cm³/mol. The lowest BCUT2D eigenvalue weighted by molar-refractivity contribution is -0.144. The fraction of sp³-hybridized carbons (Fsp3) is 0.462. The zero-order valence-electron chi connectivity index (χ0n) is 11.0. The van der Waals surface area contributed by atoms with Gasteiger partial charge in [-0.25, -0.2) is 4.79 Å². The van der Waals surface area contributed by atoms with E-state index < -0.39 is 11.5 Å². The molecule has 0 fully saturated rings. The Kier molecular flexibility index (Phi) is 4.69. The molecule has 1 aromatic rings. The van der Waals surface area contributed by atoms with Gasteiger partial charge in [0.25, 0.3) is 0 Å². The molecule has 0 radical (unpaired) electrons. The van der Waals surface area contributed by atoms with Gasteiger partial charge < -0.3 is 15.1 Å². The molecule has 0 saturated heterocycles. The van der Waals surface area contributed by atoms with E-state index >= 15 is 0 Å². The Morgan fingerprint density at radius 1 is 1.33 bits per heavy atom. The number of carbonyl (C=O) groups is 1. The van der Waals surface area contributed by atoms with Crippen molar-refractivity contribution in [3.8, 4) is 5.75 Å². The van der Waals surface area contributed by atoms with Gasteiger partial charge in [-0.2, -0.15) is 0 Å². The molecular weight excluding hydrogens is 232 g/mol. The number of carboxylic acid groups (broad SMARTS) is 1. The number of aromatic hydroxyl groups is 1. The van der Waals surface area contributed by atoms with Crippen LogP contribution in [-0.4, -0.2) is 48.3 Å². The highest BCUT2D eigenvalue weighted by atomic mass is 16.4. The molecule has 0 heterocycles. The number of phenolic OH excluding ortho intramolecular Hbond substituents is 1. The molecular formula is C13H20N2O3. The van der Waals surface area contributed by atoms with Gasteiger partial charge in [-0.15, -0.1) is 0 Å². The molecule has 0 amide bonds. The molecule has 0 bridgehead atoms. The smallest absolute Gasteiger partial charge is 0.328 e. The van der Waals surface area contributed by atoms with Crippen molar-refractivity contribution in [1.29, 1.82) is 0 Å². The summed E-state index contributed by atoms with van der Waals surface area (Å²) in [6, 6.07) is 6.21. The number of likely N-dealkylation sites (N-methyl/N-ethyl adjacent to an activating group) is 1. The van der Waals surface area contributed by atoms with E-state index in [4.69, 9.17) is 0 Å². The van der Waals surface area contributed by atoms with Crippen molar-refractivity contribution in [1.82, 2.24) is 10.2 Å². The first kappa shape index (κ1) is 14.5. The van der Waals surface area contributed by atoms with Crippen LogP contribution in [0.15, 0.2) is 24.3 Å². The first-order chi connectivity index (χ1) is 8.36. The van der Waals surface area contributed by atoms with Crippen molar-refractivity contribution in [3.63, 3.8) is 0 Å². The van der Waals surface area contributed by atoms with Gasteiger partial charge in [0.05, 0.1) is 0 Å². The first-order valence-electron chi connectivity index (χ1n) is 5.79. The fourth-order valence-electron chi connectivity index (χ4n) is 1.63. The normalized spacial score (nSPS) is 14.4. The van der Waals surface area contributed by atoms with Gasteiger partial charge in [0.1, 0.15) is 11.3 Å². The molecule has 18 heavy (non-hydrogen) atoms. The number of hydrogen-bond donors (Lipinski definition) is 3. The second-order valence-corrected chi connectivity index (χ2v) is 4.71. The predicted octanol–water partition coefficient (Wildman–Crippen LogP) is 0.843. The lowest BCUT2D eigenvalue weighted by Gasteiger charge is -2.27. The van der Waals surface area contributed by atoms with Gasteiger partial charge >= 0.3 is 5.97 Å². The molecule has 0 spiro atoms. The molecule has 1 aromatic carbocycles. The molecule has 5 heteroatoms. The maximum absolute atomic E-state index is 11.4. The highest BCUT2D eigenvalue weighted by molar-refractivity contribution is 5.80. The number of rotatable bonds is 6. The summed E-state index contributed by atoms with van der Waals surface area (Å²) in [5.74, 6) is -0.813. The fourth-order valence-corrected chi connectivity index (χ4v) is 1.63. The molecule has 0 aliphatic heterocycles. The van der Waals surface area contributed by atoms with Crippen LogP contribution >= 0.6 is 0 Å². The van der Waals surface area contributed by atoms with Crippen LogP contribution < -0.4 is 5.32 Å². The lowest BCUT2D eigenvalue weighted by atomic mass is 9.92. The van der Waals surface area contributed by atoms with Gasteiger partial charge in [0, 0.05) is 13.1 Å². The van der Waals surface area contributed by atoms with Crippen LogP contribution in [0, 0.1) is 0 Å². The maximum atomic E-state index is 11.4. The largest absolute Gasteiger partial charge is 0.508 e. The van der Waals surface area contributed by atoms with Crippen LogP contribution in [-0.2, 0) is 10.3 Å². The third-order valence-electron chi connectivity index (χ3n) is 2.91. The van der Waals surface area contributed by atoms with Crippen molar-refractivity contribution in [2.75, 3.05) is 27.2 Å². The molecule has 1 atom stereocenters. The Morgan fingerprint density at radius 3 is 2.33 bits per heavy atom. The molecule has 1 rings (SSSR count). The van der Waals surface area contributed by atoms with Crippen LogP contribution in [0.5, 0.6) is 5.75 Å². The zero-order valence-corrected chi connectivity index (χ0v) is 11.0. The number of benzene rings is 1. The SMILES string of the molecule is CN(C)CCNC(C)(C(=O)O)c1ccc(O)cc1. The van der Waals surface area contributed by atoms with Crippen molar-refractivity contribution in [2.24, 2.45) is 0 Å². The van der Waals surface area contributed by atoms with Crippen LogP contribution in [0.25, 0.3) is 0 Å². The molecule has 1 unspecified atom stereocenters. The van der Waals surface area contributed by atoms with Crippen molar-refractivity contribution in [2.45, 2.75) is 12.5 Å². The summed E-state index contributed by atoms with van der Waals surface area (Å²) in [5.41, 5.74) is -0.532. The Labute approximate surface area is 107 Å². The minimum Gasteiger partial charge on any atom is -0.508 e. The number of phenols is 1. The lowest BCUT2D eigenvalue weighted by Crippen LogP contribution is -2.48. The van der Waals surface area contributed by atoms with Crippen molar-refractivity contribution >= 4 is 5.97 Å². The van der Waals surface area contributed by atoms with E-state index in [0.29, 0.717) is 12.1 Å². The highest BCUT2D eigenvalue weighted by Gasteiger charge is 2.34. The molecule has 0 aliphatic rings. The second-order valence-electron chi connectivity index (χ2n) is 4.71. The highest BCUT2D eigenvalue weighted by Crippen LogP contribution is 2.23. The Hall–Kier alpha value is -1.59. The average molecular weight is 252 g/mol. The van der Waals surface area contributed by atoms with Gasteiger partial charge in [0.15, 0.2) is 0 Å². The first-order valence-corrected chi connectivity index (χ1v) is 5.79. The Morgan fingerprint density at radius 2 is 1.89 bits per heavy atom. The average Bonchev–Trinajstić information content (AvgIpc) is 2.28. The summed E-state index contributed by atoms with van der Waals surface area (Å²) in [5, 5.41) is 21.7. The molecule has 0 aromatic heterocycles. The summed E-state index contributed by atoms with van der Waals surface area (Å²) >= 11 is 0. The van der Waals surface area contributed by atoms with E-state index in [1.54, 1.807) is 19.1 Å². The van der Waals surface area contributed by atoms with E-state index in [1.807, 2.05) is 19.0 Å². The number of aliphatic carboxylic acids is 1. The topological polar surface area (TPSA) is 72.8 Å². The van der Waals surface area contributed by atoms with Gasteiger partial charge in [-0.3, -0.25) is 5.32 Å². The number of hydrogen-bond acceptors (Lipinski definition) is 4. The molecule has 0 aliphatic carbocycles.